The van der Waals surface area contributed by atoms with Gasteiger partial charge in [-0.05, 0) is 24.1 Å². The molecule has 0 aliphatic heterocycles. The van der Waals surface area contributed by atoms with Crippen molar-refractivity contribution in [3.05, 3.63) is 29.8 Å². The van der Waals surface area contributed by atoms with Crippen LogP contribution in [-0.4, -0.2) is 35.0 Å². The van der Waals surface area contributed by atoms with Crippen LogP contribution < -0.4 is 5.73 Å². The Morgan fingerprint density at radius 1 is 1.39 bits per heavy atom. The molecule has 1 amide bonds. The fraction of sp³-hybridized carbons (Fsp3) is 0.385. The van der Waals surface area contributed by atoms with Crippen molar-refractivity contribution in [1.82, 2.24) is 4.90 Å². The maximum absolute atomic E-state index is 12.2. The topological polar surface area (TPSA) is 83.6 Å². The summed E-state index contributed by atoms with van der Waals surface area (Å²) < 4.78 is 0. The highest BCUT2D eigenvalue weighted by Crippen LogP contribution is 2.11. The maximum atomic E-state index is 12.2. The van der Waals surface area contributed by atoms with Crippen LogP contribution in [0.15, 0.2) is 24.3 Å². The minimum atomic E-state index is -1.02. The van der Waals surface area contributed by atoms with E-state index in [1.807, 2.05) is 13.8 Å². The number of aliphatic carboxylic acids is 1. The minimum Gasteiger partial charge on any atom is -0.480 e. The molecule has 0 aromatic heterocycles. The van der Waals surface area contributed by atoms with Gasteiger partial charge in [-0.1, -0.05) is 19.9 Å². The summed E-state index contributed by atoms with van der Waals surface area (Å²) in [5, 5.41) is 8.83. The van der Waals surface area contributed by atoms with Crippen LogP contribution in [0.3, 0.4) is 0 Å². The van der Waals surface area contributed by atoms with Gasteiger partial charge in [0.05, 0.1) is 0 Å². The van der Waals surface area contributed by atoms with E-state index in [2.05, 4.69) is 0 Å². The predicted molar refractivity (Wildman–Crippen MR) is 69.2 cm³/mol. The number of carbonyl (C=O) groups excluding carboxylic acids is 1. The van der Waals surface area contributed by atoms with Crippen molar-refractivity contribution < 1.29 is 14.7 Å². The van der Waals surface area contributed by atoms with Crippen molar-refractivity contribution in [3.63, 3.8) is 0 Å². The van der Waals surface area contributed by atoms with Crippen molar-refractivity contribution >= 4 is 17.6 Å². The molecule has 3 N–H and O–H groups in total. The molecule has 0 bridgehead atoms. The van der Waals surface area contributed by atoms with Gasteiger partial charge in [-0.15, -0.1) is 0 Å². The quantitative estimate of drug-likeness (QED) is 0.775. The zero-order valence-corrected chi connectivity index (χ0v) is 10.6. The van der Waals surface area contributed by atoms with Gasteiger partial charge in [0.15, 0.2) is 0 Å². The molecule has 0 saturated carbocycles. The summed E-state index contributed by atoms with van der Waals surface area (Å²) in [6.45, 7) is 3.97. The van der Waals surface area contributed by atoms with E-state index < -0.39 is 5.97 Å². The molecule has 0 fully saturated rings. The Morgan fingerprint density at radius 3 is 2.56 bits per heavy atom. The SMILES string of the molecule is CC(C)CN(CC(=O)O)C(=O)c1cccc(N)c1. The van der Waals surface area contributed by atoms with E-state index in [0.717, 1.165) is 0 Å². The van der Waals surface area contributed by atoms with Crippen LogP contribution >= 0.6 is 0 Å². The summed E-state index contributed by atoms with van der Waals surface area (Å²) in [5.74, 6) is -1.12. The minimum absolute atomic E-state index is 0.203. The van der Waals surface area contributed by atoms with Crippen molar-refractivity contribution in [1.29, 1.82) is 0 Å². The van der Waals surface area contributed by atoms with Gasteiger partial charge in [0.1, 0.15) is 6.54 Å². The molecule has 0 aliphatic rings. The van der Waals surface area contributed by atoms with Crippen LogP contribution in [0.2, 0.25) is 0 Å². The third-order valence-corrected chi connectivity index (χ3v) is 2.33. The lowest BCUT2D eigenvalue weighted by Crippen LogP contribution is -2.38. The van der Waals surface area contributed by atoms with Crippen molar-refractivity contribution in [2.75, 3.05) is 18.8 Å². The number of nitrogens with zero attached hydrogens (tertiary/aromatic N) is 1. The second-order valence-electron chi connectivity index (χ2n) is 4.60. The number of rotatable bonds is 5. The Balaban J connectivity index is 2.90. The second kappa shape index (κ2) is 6.05. The average molecular weight is 250 g/mol. The fourth-order valence-corrected chi connectivity index (χ4v) is 1.68. The molecule has 5 heteroatoms. The average Bonchev–Trinajstić information content (AvgIpc) is 2.26. The van der Waals surface area contributed by atoms with Gasteiger partial charge < -0.3 is 15.7 Å². The first-order valence-corrected chi connectivity index (χ1v) is 5.76. The third kappa shape index (κ3) is 4.08. The van der Waals surface area contributed by atoms with Gasteiger partial charge in [0.2, 0.25) is 0 Å². The zero-order chi connectivity index (χ0) is 13.7. The Kier molecular flexibility index (Phi) is 4.71. The van der Waals surface area contributed by atoms with E-state index in [1.54, 1.807) is 24.3 Å². The van der Waals surface area contributed by atoms with Crippen molar-refractivity contribution in [2.45, 2.75) is 13.8 Å². The maximum Gasteiger partial charge on any atom is 0.323 e. The van der Waals surface area contributed by atoms with E-state index >= 15 is 0 Å². The number of carboxylic acids is 1. The molecule has 5 nitrogen and oxygen atoms in total. The van der Waals surface area contributed by atoms with E-state index in [0.29, 0.717) is 17.8 Å². The lowest BCUT2D eigenvalue weighted by Gasteiger charge is -2.22. The van der Waals surface area contributed by atoms with E-state index in [4.69, 9.17) is 10.8 Å². The molecule has 1 rings (SSSR count). The molecule has 98 valence electrons. The van der Waals surface area contributed by atoms with E-state index in [-0.39, 0.29) is 18.4 Å². The molecule has 1 aromatic carbocycles. The van der Waals surface area contributed by atoms with Crippen molar-refractivity contribution in [3.8, 4) is 0 Å². The van der Waals surface area contributed by atoms with Gasteiger partial charge in [-0.3, -0.25) is 9.59 Å². The second-order valence-corrected chi connectivity index (χ2v) is 4.60. The number of nitrogen functional groups attached to an aromatic ring is 1. The number of benzene rings is 1. The molecule has 1 aromatic rings. The number of carboxylic acid groups (broad SMARTS) is 1. The molecule has 0 unspecified atom stereocenters. The molecule has 0 heterocycles. The predicted octanol–water partition coefficient (Wildman–Crippen LogP) is 1.45. The Bertz CT molecular complexity index is 444. The molecule has 0 saturated heterocycles. The standard InChI is InChI=1S/C13H18N2O3/c1-9(2)7-15(8-12(16)17)13(18)10-4-3-5-11(14)6-10/h3-6,9H,7-8,14H2,1-2H3,(H,16,17). The summed E-state index contributed by atoms with van der Waals surface area (Å²) in [6, 6.07) is 6.54. The number of nitrogens with two attached hydrogens (primary N) is 1. The molecular weight excluding hydrogens is 232 g/mol. The number of hydrogen-bond donors (Lipinski definition) is 2. The highest BCUT2D eigenvalue weighted by molar-refractivity contribution is 5.96. The first kappa shape index (κ1) is 14.0. The first-order valence-electron chi connectivity index (χ1n) is 5.76. The van der Waals surface area contributed by atoms with E-state index in [1.165, 1.54) is 4.90 Å². The lowest BCUT2D eigenvalue weighted by molar-refractivity contribution is -0.137. The molecule has 0 atom stereocenters. The smallest absolute Gasteiger partial charge is 0.323 e. The molecule has 0 aliphatic carbocycles. The molecular formula is C13H18N2O3. The van der Waals surface area contributed by atoms with Crippen molar-refractivity contribution in [2.24, 2.45) is 5.92 Å². The number of carbonyl (C=O) groups is 2. The molecule has 18 heavy (non-hydrogen) atoms. The summed E-state index contributed by atoms with van der Waals surface area (Å²) in [6.07, 6.45) is 0. The first-order chi connectivity index (χ1) is 8.40. The van der Waals surface area contributed by atoms with Crippen LogP contribution in [0.25, 0.3) is 0 Å². The highest BCUT2D eigenvalue weighted by Gasteiger charge is 2.19. The summed E-state index contributed by atoms with van der Waals surface area (Å²) >= 11 is 0. The Labute approximate surface area is 106 Å². The van der Waals surface area contributed by atoms with Gasteiger partial charge >= 0.3 is 5.97 Å². The third-order valence-electron chi connectivity index (χ3n) is 2.33. The van der Waals surface area contributed by atoms with Gasteiger partial charge in [0, 0.05) is 17.8 Å². The van der Waals surface area contributed by atoms with Gasteiger partial charge in [-0.25, -0.2) is 0 Å². The number of hydrogen-bond acceptors (Lipinski definition) is 3. The summed E-state index contributed by atoms with van der Waals surface area (Å²) in [5.41, 5.74) is 6.51. The van der Waals surface area contributed by atoms with Gasteiger partial charge in [0.25, 0.3) is 5.91 Å². The van der Waals surface area contributed by atoms with Crippen LogP contribution in [0.4, 0.5) is 5.69 Å². The highest BCUT2D eigenvalue weighted by atomic mass is 16.4. The lowest BCUT2D eigenvalue weighted by atomic mass is 10.1. The Morgan fingerprint density at radius 2 is 2.06 bits per heavy atom. The molecule has 0 spiro atoms. The largest absolute Gasteiger partial charge is 0.480 e. The summed E-state index contributed by atoms with van der Waals surface area (Å²) in [4.78, 5) is 24.3. The molecule has 0 radical (unpaired) electrons. The monoisotopic (exact) mass is 250 g/mol. The van der Waals surface area contributed by atoms with Crippen LogP contribution in [0, 0.1) is 5.92 Å². The number of anilines is 1. The van der Waals surface area contributed by atoms with E-state index in [9.17, 15) is 9.59 Å². The fourth-order valence-electron chi connectivity index (χ4n) is 1.68. The van der Waals surface area contributed by atoms with Crippen LogP contribution in [0.5, 0.6) is 0 Å². The van der Waals surface area contributed by atoms with Gasteiger partial charge in [-0.2, -0.15) is 0 Å². The number of amides is 1. The normalized spacial score (nSPS) is 10.4. The zero-order valence-electron chi connectivity index (χ0n) is 10.6. The van der Waals surface area contributed by atoms with Crippen LogP contribution in [0.1, 0.15) is 24.2 Å². The van der Waals surface area contributed by atoms with Crippen LogP contribution in [-0.2, 0) is 4.79 Å². The summed E-state index contributed by atoms with van der Waals surface area (Å²) in [7, 11) is 0. The Hall–Kier alpha value is -2.04.